The molecule has 4 aromatic rings. The second-order valence-electron chi connectivity index (χ2n) is 8.53. The maximum Gasteiger partial charge on any atom is 0.217 e. The molecule has 0 atom stereocenters. The molecule has 0 aliphatic carbocycles. The van der Waals surface area contributed by atoms with Crippen molar-refractivity contribution < 1.29 is 23.5 Å². The van der Waals surface area contributed by atoms with Crippen LogP contribution in [0.4, 0.5) is 11.5 Å². The molecule has 188 valence electrons. The molecule has 0 unspecified atom stereocenters. The molecule has 0 amide bonds. The van der Waals surface area contributed by atoms with Crippen LogP contribution < -0.4 is 10.1 Å². The SMILES string of the molecule is CON1Cc2ncnc(Nc3ccc(OCc4ccccc4)cc3)c2C=C1c1ccc(C2OCCO2)o1. The number of hydrogen-bond donors (Lipinski definition) is 1. The van der Waals surface area contributed by atoms with Crippen LogP contribution in [0.2, 0.25) is 0 Å². The van der Waals surface area contributed by atoms with Crippen molar-refractivity contribution in [2.24, 2.45) is 0 Å². The first kappa shape index (κ1) is 23.2. The first-order chi connectivity index (χ1) is 18.3. The number of anilines is 2. The summed E-state index contributed by atoms with van der Waals surface area (Å²) in [5, 5.41) is 5.14. The van der Waals surface area contributed by atoms with Crippen LogP contribution in [0.5, 0.6) is 5.75 Å². The van der Waals surface area contributed by atoms with Crippen molar-refractivity contribution in [2.75, 3.05) is 25.6 Å². The Morgan fingerprint density at radius 1 is 0.973 bits per heavy atom. The van der Waals surface area contributed by atoms with Gasteiger partial charge in [0.2, 0.25) is 6.29 Å². The molecule has 4 heterocycles. The van der Waals surface area contributed by atoms with Gasteiger partial charge in [-0.3, -0.25) is 4.84 Å². The third-order valence-corrected chi connectivity index (χ3v) is 6.13. The third kappa shape index (κ3) is 5.05. The van der Waals surface area contributed by atoms with E-state index in [4.69, 9.17) is 23.5 Å². The average Bonchev–Trinajstić information content (AvgIpc) is 3.65. The van der Waals surface area contributed by atoms with Crippen molar-refractivity contribution in [2.45, 2.75) is 19.4 Å². The number of ether oxygens (including phenoxy) is 3. The summed E-state index contributed by atoms with van der Waals surface area (Å²) in [5.74, 6) is 2.73. The molecule has 2 aliphatic heterocycles. The van der Waals surface area contributed by atoms with Crippen LogP contribution in [0.1, 0.15) is 34.6 Å². The van der Waals surface area contributed by atoms with Crippen LogP contribution in [0.3, 0.4) is 0 Å². The minimum atomic E-state index is -0.485. The molecule has 9 nitrogen and oxygen atoms in total. The van der Waals surface area contributed by atoms with Gasteiger partial charge in [0, 0.05) is 11.3 Å². The molecule has 0 bridgehead atoms. The predicted octanol–water partition coefficient (Wildman–Crippen LogP) is 5.31. The highest BCUT2D eigenvalue weighted by atomic mass is 16.7. The lowest BCUT2D eigenvalue weighted by Gasteiger charge is -2.28. The number of aromatic nitrogens is 2. The van der Waals surface area contributed by atoms with Crippen LogP contribution in [-0.4, -0.2) is 35.4 Å². The molecule has 1 N–H and O–H groups in total. The van der Waals surface area contributed by atoms with E-state index >= 15 is 0 Å². The number of nitrogens with zero attached hydrogens (tertiary/aromatic N) is 3. The fourth-order valence-corrected chi connectivity index (χ4v) is 4.25. The standard InChI is InChI=1S/C28H26N4O5/c1-33-32-16-23-22(15-24(32)25-11-12-26(37-25)28-34-13-14-35-28)27(30-18-29-23)31-20-7-9-21(10-8-20)36-17-19-5-3-2-4-6-19/h2-12,15,18,28H,13-14,16-17H2,1H3,(H,29,30,31). The zero-order chi connectivity index (χ0) is 25.0. The zero-order valence-electron chi connectivity index (χ0n) is 20.3. The van der Waals surface area contributed by atoms with Gasteiger partial charge in [0.15, 0.2) is 11.5 Å². The summed E-state index contributed by atoms with van der Waals surface area (Å²) in [6.45, 7) is 2.05. The van der Waals surface area contributed by atoms with E-state index in [-0.39, 0.29) is 0 Å². The summed E-state index contributed by atoms with van der Waals surface area (Å²) in [7, 11) is 1.62. The van der Waals surface area contributed by atoms with Gasteiger partial charge in [0.25, 0.3) is 0 Å². The molecule has 2 aliphatic rings. The summed E-state index contributed by atoms with van der Waals surface area (Å²) in [5.41, 5.74) is 4.45. The van der Waals surface area contributed by atoms with E-state index in [0.717, 1.165) is 34.0 Å². The van der Waals surface area contributed by atoms with Gasteiger partial charge in [-0.25, -0.2) is 15.0 Å². The Kier molecular flexibility index (Phi) is 6.55. The van der Waals surface area contributed by atoms with Crippen LogP contribution in [0.15, 0.2) is 77.5 Å². The van der Waals surface area contributed by atoms with E-state index in [1.54, 1.807) is 18.5 Å². The molecular weight excluding hydrogens is 472 g/mol. The van der Waals surface area contributed by atoms with Crippen molar-refractivity contribution in [1.82, 2.24) is 15.0 Å². The van der Waals surface area contributed by atoms with Crippen molar-refractivity contribution >= 4 is 23.3 Å². The Morgan fingerprint density at radius 2 is 1.78 bits per heavy atom. The highest BCUT2D eigenvalue weighted by Crippen LogP contribution is 2.36. The summed E-state index contributed by atoms with van der Waals surface area (Å²) in [4.78, 5) is 14.6. The summed E-state index contributed by atoms with van der Waals surface area (Å²) in [6.07, 6.45) is 3.02. The number of hydrogen-bond acceptors (Lipinski definition) is 9. The van der Waals surface area contributed by atoms with Gasteiger partial charge in [0.1, 0.15) is 30.2 Å². The van der Waals surface area contributed by atoms with Gasteiger partial charge in [-0.15, -0.1) is 0 Å². The average molecular weight is 499 g/mol. The smallest absolute Gasteiger partial charge is 0.217 e. The molecule has 0 radical (unpaired) electrons. The van der Waals surface area contributed by atoms with E-state index in [1.165, 1.54) is 0 Å². The normalized spacial score (nSPS) is 15.4. The van der Waals surface area contributed by atoms with Gasteiger partial charge < -0.3 is 23.9 Å². The Bertz CT molecular complexity index is 1380. The molecule has 2 aromatic carbocycles. The number of benzene rings is 2. The summed E-state index contributed by atoms with van der Waals surface area (Å²) in [6, 6.07) is 21.6. The van der Waals surface area contributed by atoms with Gasteiger partial charge >= 0.3 is 0 Å². The quantitative estimate of drug-likeness (QED) is 0.347. The van der Waals surface area contributed by atoms with Gasteiger partial charge in [-0.1, -0.05) is 30.3 Å². The summed E-state index contributed by atoms with van der Waals surface area (Å²) >= 11 is 0. The number of rotatable bonds is 8. The van der Waals surface area contributed by atoms with Crippen LogP contribution >= 0.6 is 0 Å². The lowest BCUT2D eigenvalue weighted by atomic mass is 10.1. The van der Waals surface area contributed by atoms with Gasteiger partial charge in [-0.05, 0) is 48.0 Å². The van der Waals surface area contributed by atoms with Crippen molar-refractivity contribution in [3.63, 3.8) is 0 Å². The van der Waals surface area contributed by atoms with E-state index in [1.807, 2.05) is 72.8 Å². The maximum absolute atomic E-state index is 6.07. The second kappa shape index (κ2) is 10.4. The Hall–Kier alpha value is -4.18. The summed E-state index contributed by atoms with van der Waals surface area (Å²) < 4.78 is 23.1. The molecule has 2 aromatic heterocycles. The number of nitrogens with one attached hydrogen (secondary N) is 1. The maximum atomic E-state index is 6.07. The molecule has 0 saturated carbocycles. The van der Waals surface area contributed by atoms with Gasteiger partial charge in [0.05, 0.1) is 32.6 Å². The molecule has 37 heavy (non-hydrogen) atoms. The lowest BCUT2D eigenvalue weighted by Crippen LogP contribution is -2.25. The van der Waals surface area contributed by atoms with Crippen LogP contribution in [0.25, 0.3) is 11.8 Å². The fraction of sp³-hybridized carbons (Fsp3) is 0.214. The number of hydroxylamine groups is 2. The minimum Gasteiger partial charge on any atom is -0.489 e. The Labute approximate surface area is 214 Å². The van der Waals surface area contributed by atoms with E-state index in [2.05, 4.69) is 15.3 Å². The van der Waals surface area contributed by atoms with Crippen LogP contribution in [0, 0.1) is 0 Å². The lowest BCUT2D eigenvalue weighted by molar-refractivity contribution is -0.0865. The molecule has 9 heteroatoms. The van der Waals surface area contributed by atoms with Crippen LogP contribution in [-0.2, 0) is 27.5 Å². The van der Waals surface area contributed by atoms with E-state index in [0.29, 0.717) is 43.7 Å². The molecule has 0 spiro atoms. The molecular formula is C28H26N4O5. The van der Waals surface area contributed by atoms with E-state index < -0.39 is 6.29 Å². The van der Waals surface area contributed by atoms with Crippen molar-refractivity contribution in [3.8, 4) is 5.75 Å². The Morgan fingerprint density at radius 3 is 2.57 bits per heavy atom. The largest absolute Gasteiger partial charge is 0.489 e. The first-order valence-corrected chi connectivity index (χ1v) is 12.0. The topological polar surface area (TPSA) is 91.1 Å². The van der Waals surface area contributed by atoms with Crippen molar-refractivity contribution in [3.05, 3.63) is 101 Å². The highest BCUT2D eigenvalue weighted by molar-refractivity contribution is 5.85. The molecule has 1 saturated heterocycles. The minimum absolute atomic E-state index is 0.438. The number of fused-ring (bicyclic) bond motifs is 1. The highest BCUT2D eigenvalue weighted by Gasteiger charge is 2.27. The van der Waals surface area contributed by atoms with Crippen molar-refractivity contribution in [1.29, 1.82) is 0 Å². The first-order valence-electron chi connectivity index (χ1n) is 12.0. The molecule has 6 rings (SSSR count). The van der Waals surface area contributed by atoms with E-state index in [9.17, 15) is 0 Å². The van der Waals surface area contributed by atoms with Gasteiger partial charge in [-0.2, -0.15) is 0 Å². The molecule has 1 fully saturated rings. The third-order valence-electron chi connectivity index (χ3n) is 6.13. The zero-order valence-corrected chi connectivity index (χ0v) is 20.3. The predicted molar refractivity (Wildman–Crippen MR) is 136 cm³/mol. The monoisotopic (exact) mass is 498 g/mol. The second-order valence-corrected chi connectivity index (χ2v) is 8.53. The Balaban J connectivity index is 1.22. The fourth-order valence-electron chi connectivity index (χ4n) is 4.25. The number of furan rings is 1.